The first kappa shape index (κ1) is 18.1. The van der Waals surface area contributed by atoms with Crippen molar-refractivity contribution in [3.05, 3.63) is 28.2 Å². The molecule has 1 aromatic rings. The molecule has 0 saturated carbocycles. The SMILES string of the molecule is Cc1cc(S(=O)(=O)NC(C)C(=O)NCC(C)C)ccc1Br. The minimum Gasteiger partial charge on any atom is -0.354 e. The Morgan fingerprint density at radius 2 is 1.90 bits per heavy atom. The van der Waals surface area contributed by atoms with Crippen molar-refractivity contribution >= 4 is 31.9 Å². The van der Waals surface area contributed by atoms with E-state index in [1.807, 2.05) is 20.8 Å². The zero-order valence-corrected chi connectivity index (χ0v) is 15.0. The third-order valence-electron chi connectivity index (χ3n) is 2.85. The van der Waals surface area contributed by atoms with E-state index in [9.17, 15) is 13.2 Å². The van der Waals surface area contributed by atoms with Gasteiger partial charge in [-0.2, -0.15) is 4.72 Å². The first-order valence-corrected chi connectivity index (χ1v) is 8.97. The Kier molecular flexibility index (Phi) is 6.37. The summed E-state index contributed by atoms with van der Waals surface area (Å²) < 4.78 is 27.7. The highest BCUT2D eigenvalue weighted by Gasteiger charge is 2.22. The molecular weight excluding hydrogens is 356 g/mol. The first-order chi connectivity index (χ1) is 9.63. The number of benzene rings is 1. The summed E-state index contributed by atoms with van der Waals surface area (Å²) in [6, 6.07) is 3.91. The van der Waals surface area contributed by atoms with Gasteiger partial charge in [-0.1, -0.05) is 29.8 Å². The molecule has 1 amide bonds. The molecule has 0 aromatic heterocycles. The largest absolute Gasteiger partial charge is 0.354 e. The molecule has 0 heterocycles. The molecule has 0 bridgehead atoms. The fourth-order valence-corrected chi connectivity index (χ4v) is 3.13. The molecule has 5 nitrogen and oxygen atoms in total. The number of aryl methyl sites for hydroxylation is 1. The zero-order chi connectivity index (χ0) is 16.2. The Hall–Kier alpha value is -0.920. The van der Waals surface area contributed by atoms with Gasteiger partial charge in [-0.3, -0.25) is 4.79 Å². The standard InChI is InChI=1S/C14H21BrN2O3S/c1-9(2)8-16-14(18)11(4)17-21(19,20)12-5-6-13(15)10(3)7-12/h5-7,9,11,17H,8H2,1-4H3,(H,16,18). The number of nitrogens with one attached hydrogen (secondary N) is 2. The molecular formula is C14H21BrN2O3S. The highest BCUT2D eigenvalue weighted by molar-refractivity contribution is 9.10. The second-order valence-corrected chi connectivity index (χ2v) is 7.96. The van der Waals surface area contributed by atoms with E-state index in [1.54, 1.807) is 12.1 Å². The van der Waals surface area contributed by atoms with Crippen LogP contribution in [0, 0.1) is 12.8 Å². The van der Waals surface area contributed by atoms with Gasteiger partial charge in [0.15, 0.2) is 0 Å². The number of hydrogen-bond acceptors (Lipinski definition) is 3. The van der Waals surface area contributed by atoms with E-state index in [0.29, 0.717) is 12.5 Å². The van der Waals surface area contributed by atoms with E-state index in [2.05, 4.69) is 26.0 Å². The number of sulfonamides is 1. The van der Waals surface area contributed by atoms with Gasteiger partial charge < -0.3 is 5.32 Å². The molecule has 7 heteroatoms. The number of carbonyl (C=O) groups excluding carboxylic acids is 1. The minimum atomic E-state index is -3.71. The summed E-state index contributed by atoms with van der Waals surface area (Å²) in [5, 5.41) is 2.70. The van der Waals surface area contributed by atoms with Crippen molar-refractivity contribution in [1.29, 1.82) is 0 Å². The highest BCUT2D eigenvalue weighted by Crippen LogP contribution is 2.20. The molecule has 0 aliphatic rings. The van der Waals surface area contributed by atoms with Gasteiger partial charge in [0.2, 0.25) is 15.9 Å². The number of carbonyl (C=O) groups is 1. The van der Waals surface area contributed by atoms with Crippen molar-refractivity contribution in [3.63, 3.8) is 0 Å². The number of amides is 1. The van der Waals surface area contributed by atoms with Gasteiger partial charge >= 0.3 is 0 Å². The third kappa shape index (κ3) is 5.41. The molecule has 0 spiro atoms. The Bertz CT molecular complexity index is 615. The molecule has 1 unspecified atom stereocenters. The first-order valence-electron chi connectivity index (χ1n) is 6.69. The van der Waals surface area contributed by atoms with Crippen molar-refractivity contribution < 1.29 is 13.2 Å². The molecule has 1 atom stereocenters. The lowest BCUT2D eigenvalue weighted by atomic mass is 10.2. The minimum absolute atomic E-state index is 0.145. The molecule has 2 N–H and O–H groups in total. The predicted molar refractivity (Wildman–Crippen MR) is 86.5 cm³/mol. The van der Waals surface area contributed by atoms with Gasteiger partial charge in [0.25, 0.3) is 0 Å². The summed E-state index contributed by atoms with van der Waals surface area (Å²) in [5.74, 6) is -0.0204. The molecule has 0 radical (unpaired) electrons. The van der Waals surface area contributed by atoms with Crippen molar-refractivity contribution in [2.75, 3.05) is 6.54 Å². The molecule has 0 fully saturated rings. The van der Waals surface area contributed by atoms with Crippen molar-refractivity contribution in [3.8, 4) is 0 Å². The smallest absolute Gasteiger partial charge is 0.241 e. The number of hydrogen-bond donors (Lipinski definition) is 2. The van der Waals surface area contributed by atoms with Gasteiger partial charge in [-0.25, -0.2) is 8.42 Å². The second kappa shape index (κ2) is 7.38. The molecule has 0 aliphatic carbocycles. The van der Waals surface area contributed by atoms with Crippen LogP contribution in [0.3, 0.4) is 0 Å². The summed E-state index contributed by atoms with van der Waals surface area (Å²) in [7, 11) is -3.71. The molecule has 1 rings (SSSR count). The molecule has 118 valence electrons. The van der Waals surface area contributed by atoms with Crippen LogP contribution >= 0.6 is 15.9 Å². The molecule has 0 aliphatic heterocycles. The summed E-state index contributed by atoms with van der Waals surface area (Å²) in [4.78, 5) is 12.0. The quantitative estimate of drug-likeness (QED) is 0.798. The summed E-state index contributed by atoms with van der Waals surface area (Å²) in [5.41, 5.74) is 0.815. The van der Waals surface area contributed by atoms with Crippen molar-refractivity contribution in [2.45, 2.75) is 38.6 Å². The maximum atomic E-state index is 12.2. The third-order valence-corrected chi connectivity index (χ3v) is 5.28. The lowest BCUT2D eigenvalue weighted by molar-refractivity contribution is -0.122. The monoisotopic (exact) mass is 376 g/mol. The maximum Gasteiger partial charge on any atom is 0.241 e. The van der Waals surface area contributed by atoms with Crippen LogP contribution in [0.4, 0.5) is 0 Å². The van der Waals surface area contributed by atoms with E-state index >= 15 is 0 Å². The fraction of sp³-hybridized carbons (Fsp3) is 0.500. The predicted octanol–water partition coefficient (Wildman–Crippen LogP) is 2.20. The normalized spacial score (nSPS) is 13.2. The maximum absolute atomic E-state index is 12.2. The Morgan fingerprint density at radius 1 is 1.29 bits per heavy atom. The van der Waals surface area contributed by atoms with E-state index in [1.165, 1.54) is 13.0 Å². The van der Waals surface area contributed by atoms with Gasteiger partial charge in [0.05, 0.1) is 10.9 Å². The van der Waals surface area contributed by atoms with Crippen molar-refractivity contribution in [2.24, 2.45) is 5.92 Å². The van der Waals surface area contributed by atoms with Crippen LogP contribution in [0.2, 0.25) is 0 Å². The Morgan fingerprint density at radius 3 is 2.43 bits per heavy atom. The van der Waals surface area contributed by atoms with E-state index in [4.69, 9.17) is 0 Å². The van der Waals surface area contributed by atoms with E-state index in [0.717, 1.165) is 10.0 Å². The molecule has 1 aromatic carbocycles. The van der Waals surface area contributed by atoms with Crippen LogP contribution < -0.4 is 10.0 Å². The summed E-state index contributed by atoms with van der Waals surface area (Å²) >= 11 is 3.32. The topological polar surface area (TPSA) is 75.3 Å². The van der Waals surface area contributed by atoms with Gasteiger partial charge in [-0.15, -0.1) is 0 Å². The van der Waals surface area contributed by atoms with Crippen LogP contribution in [-0.2, 0) is 14.8 Å². The fourth-order valence-electron chi connectivity index (χ4n) is 1.60. The van der Waals surface area contributed by atoms with Crippen LogP contribution in [-0.4, -0.2) is 26.9 Å². The number of rotatable bonds is 6. The van der Waals surface area contributed by atoms with E-state index in [-0.39, 0.29) is 10.8 Å². The molecule has 21 heavy (non-hydrogen) atoms. The molecule has 0 saturated heterocycles. The summed E-state index contributed by atoms with van der Waals surface area (Å²) in [6.45, 7) is 7.79. The van der Waals surface area contributed by atoms with Crippen LogP contribution in [0.5, 0.6) is 0 Å². The lowest BCUT2D eigenvalue weighted by Crippen LogP contribution is -2.45. The highest BCUT2D eigenvalue weighted by atomic mass is 79.9. The lowest BCUT2D eigenvalue weighted by Gasteiger charge is -2.15. The van der Waals surface area contributed by atoms with Gasteiger partial charge in [0, 0.05) is 11.0 Å². The van der Waals surface area contributed by atoms with Crippen LogP contribution in [0.1, 0.15) is 26.3 Å². The van der Waals surface area contributed by atoms with Crippen LogP contribution in [0.25, 0.3) is 0 Å². The van der Waals surface area contributed by atoms with Gasteiger partial charge in [0.1, 0.15) is 0 Å². The van der Waals surface area contributed by atoms with E-state index < -0.39 is 16.1 Å². The second-order valence-electron chi connectivity index (χ2n) is 5.39. The van der Waals surface area contributed by atoms with Crippen LogP contribution in [0.15, 0.2) is 27.6 Å². The summed E-state index contributed by atoms with van der Waals surface area (Å²) in [6.07, 6.45) is 0. The zero-order valence-electron chi connectivity index (χ0n) is 12.6. The van der Waals surface area contributed by atoms with Crippen molar-refractivity contribution in [1.82, 2.24) is 10.0 Å². The Labute approximate surface area is 134 Å². The number of halogens is 1. The average molecular weight is 377 g/mol. The van der Waals surface area contributed by atoms with Gasteiger partial charge in [-0.05, 0) is 43.5 Å². The Balaban J connectivity index is 2.80. The average Bonchev–Trinajstić information content (AvgIpc) is 2.38.